The van der Waals surface area contributed by atoms with Crippen LogP contribution in [0.25, 0.3) is 11.0 Å². The molecule has 1 fully saturated rings. The first-order valence-electron chi connectivity index (χ1n) is 8.65. The van der Waals surface area contributed by atoms with Crippen LogP contribution in [-0.4, -0.2) is 38.5 Å². The highest BCUT2D eigenvalue weighted by Crippen LogP contribution is 2.28. The van der Waals surface area contributed by atoms with Crippen LogP contribution in [0.1, 0.15) is 56.9 Å². The standard InChI is InChI=1S/C18H24N4O3/c1-18(2,3)25-17(24)22-12-6-4-11(5-7-12)15(23)14-13-8-9-19-16(13)21-10-20-14/h8-12H,4-7H2,1-3H3,(H,22,24)(H,19,20,21). The van der Waals surface area contributed by atoms with E-state index in [0.717, 1.165) is 31.1 Å². The Kier molecular flexibility index (Phi) is 4.74. The molecule has 3 rings (SSSR count). The second-order valence-corrected chi connectivity index (χ2v) is 7.52. The maximum atomic E-state index is 12.8. The number of hydrogen-bond acceptors (Lipinski definition) is 5. The van der Waals surface area contributed by atoms with E-state index in [4.69, 9.17) is 4.74 Å². The number of carbonyl (C=O) groups excluding carboxylic acids is 2. The Morgan fingerprint density at radius 1 is 1.20 bits per heavy atom. The number of Topliss-reactive ketones (excluding diaryl/α,β-unsaturated/α-hetero) is 1. The van der Waals surface area contributed by atoms with E-state index >= 15 is 0 Å². The molecule has 2 aromatic heterocycles. The van der Waals surface area contributed by atoms with Gasteiger partial charge in [0.2, 0.25) is 0 Å². The third kappa shape index (κ3) is 4.15. The molecular weight excluding hydrogens is 320 g/mol. The molecule has 0 atom stereocenters. The van der Waals surface area contributed by atoms with Gasteiger partial charge in [0.25, 0.3) is 0 Å². The van der Waals surface area contributed by atoms with E-state index in [0.29, 0.717) is 11.3 Å². The summed E-state index contributed by atoms with van der Waals surface area (Å²) in [6.45, 7) is 5.52. The summed E-state index contributed by atoms with van der Waals surface area (Å²) in [5.41, 5.74) is 0.653. The van der Waals surface area contributed by atoms with Crippen molar-refractivity contribution in [2.24, 2.45) is 5.92 Å². The number of rotatable bonds is 3. The van der Waals surface area contributed by atoms with E-state index in [2.05, 4.69) is 20.3 Å². The van der Waals surface area contributed by atoms with Gasteiger partial charge >= 0.3 is 6.09 Å². The van der Waals surface area contributed by atoms with Crippen LogP contribution < -0.4 is 5.32 Å². The summed E-state index contributed by atoms with van der Waals surface area (Å²) in [6, 6.07) is 1.88. The Balaban J connectivity index is 1.58. The Bertz CT molecular complexity index is 770. The van der Waals surface area contributed by atoms with E-state index in [1.807, 2.05) is 26.8 Å². The predicted octanol–water partition coefficient (Wildman–Crippen LogP) is 3.22. The molecule has 2 N–H and O–H groups in total. The van der Waals surface area contributed by atoms with Crippen molar-refractivity contribution in [3.63, 3.8) is 0 Å². The molecular formula is C18H24N4O3. The van der Waals surface area contributed by atoms with Gasteiger partial charge in [0.1, 0.15) is 23.3 Å². The maximum Gasteiger partial charge on any atom is 0.407 e. The molecule has 7 heteroatoms. The number of nitrogens with zero attached hydrogens (tertiary/aromatic N) is 2. The Hall–Kier alpha value is -2.44. The van der Waals surface area contributed by atoms with Gasteiger partial charge in [0, 0.05) is 23.5 Å². The summed E-state index contributed by atoms with van der Waals surface area (Å²) in [7, 11) is 0. The number of nitrogens with one attached hydrogen (secondary N) is 2. The zero-order valence-corrected chi connectivity index (χ0v) is 14.8. The fraction of sp³-hybridized carbons (Fsp3) is 0.556. The number of hydrogen-bond donors (Lipinski definition) is 2. The van der Waals surface area contributed by atoms with Crippen molar-refractivity contribution in [3.8, 4) is 0 Å². The Morgan fingerprint density at radius 2 is 1.92 bits per heavy atom. The minimum atomic E-state index is -0.508. The van der Waals surface area contributed by atoms with Crippen molar-refractivity contribution in [3.05, 3.63) is 24.3 Å². The number of aromatic nitrogens is 3. The molecule has 0 aromatic carbocycles. The third-order valence-corrected chi connectivity index (χ3v) is 4.41. The number of carbonyl (C=O) groups is 2. The lowest BCUT2D eigenvalue weighted by Crippen LogP contribution is -2.41. The number of ketones is 1. The molecule has 2 heterocycles. The zero-order chi connectivity index (χ0) is 18.0. The fourth-order valence-electron chi connectivity index (χ4n) is 3.24. The van der Waals surface area contributed by atoms with Crippen LogP contribution in [0.5, 0.6) is 0 Å². The van der Waals surface area contributed by atoms with Crippen LogP contribution in [0, 0.1) is 5.92 Å². The number of aromatic amines is 1. The molecule has 25 heavy (non-hydrogen) atoms. The van der Waals surface area contributed by atoms with Crippen LogP contribution in [0.4, 0.5) is 4.79 Å². The summed E-state index contributed by atoms with van der Waals surface area (Å²) < 4.78 is 5.29. The molecule has 1 aliphatic rings. The van der Waals surface area contributed by atoms with Gasteiger partial charge in [-0.1, -0.05) is 0 Å². The molecule has 0 saturated heterocycles. The lowest BCUT2D eigenvalue weighted by molar-refractivity contribution is 0.0487. The first kappa shape index (κ1) is 17.4. The van der Waals surface area contributed by atoms with Gasteiger partial charge in [-0.25, -0.2) is 14.8 Å². The van der Waals surface area contributed by atoms with E-state index in [-0.39, 0.29) is 17.7 Å². The summed E-state index contributed by atoms with van der Waals surface area (Å²) in [6.07, 6.45) is 5.77. The predicted molar refractivity (Wildman–Crippen MR) is 93.3 cm³/mol. The highest BCUT2D eigenvalue weighted by atomic mass is 16.6. The lowest BCUT2D eigenvalue weighted by Gasteiger charge is -2.29. The van der Waals surface area contributed by atoms with Crippen molar-refractivity contribution < 1.29 is 14.3 Å². The molecule has 1 amide bonds. The van der Waals surface area contributed by atoms with Gasteiger partial charge in [0.05, 0.1) is 0 Å². The number of ether oxygens (including phenoxy) is 1. The summed E-state index contributed by atoms with van der Waals surface area (Å²) in [5.74, 6) is -0.00703. The van der Waals surface area contributed by atoms with Gasteiger partial charge in [-0.15, -0.1) is 0 Å². The van der Waals surface area contributed by atoms with Crippen LogP contribution in [0.3, 0.4) is 0 Å². The van der Waals surface area contributed by atoms with Gasteiger partial charge in [-0.05, 0) is 52.5 Å². The number of alkyl carbamates (subject to hydrolysis) is 1. The fourth-order valence-corrected chi connectivity index (χ4v) is 3.24. The molecule has 0 unspecified atom stereocenters. The number of H-pyrrole nitrogens is 1. The second-order valence-electron chi connectivity index (χ2n) is 7.52. The quantitative estimate of drug-likeness (QED) is 0.833. The van der Waals surface area contributed by atoms with Crippen LogP contribution in [-0.2, 0) is 4.74 Å². The van der Waals surface area contributed by atoms with Crippen molar-refractivity contribution in [1.29, 1.82) is 0 Å². The second kappa shape index (κ2) is 6.82. The molecule has 134 valence electrons. The van der Waals surface area contributed by atoms with E-state index in [9.17, 15) is 9.59 Å². The molecule has 0 radical (unpaired) electrons. The Labute approximate surface area is 146 Å². The average molecular weight is 344 g/mol. The topological polar surface area (TPSA) is 97.0 Å². The number of fused-ring (bicyclic) bond motifs is 1. The van der Waals surface area contributed by atoms with Crippen LogP contribution >= 0.6 is 0 Å². The molecule has 0 spiro atoms. The molecule has 2 aromatic rings. The van der Waals surface area contributed by atoms with Crippen LogP contribution in [0.2, 0.25) is 0 Å². The molecule has 0 aliphatic heterocycles. The highest BCUT2D eigenvalue weighted by Gasteiger charge is 2.30. The van der Waals surface area contributed by atoms with Crippen molar-refractivity contribution >= 4 is 22.9 Å². The van der Waals surface area contributed by atoms with E-state index < -0.39 is 11.7 Å². The minimum absolute atomic E-state index is 0.0524. The summed E-state index contributed by atoms with van der Waals surface area (Å²) >= 11 is 0. The minimum Gasteiger partial charge on any atom is -0.444 e. The molecule has 1 saturated carbocycles. The summed E-state index contributed by atoms with van der Waals surface area (Å²) in [5, 5.41) is 3.66. The molecule has 1 aliphatic carbocycles. The first-order valence-corrected chi connectivity index (χ1v) is 8.65. The highest BCUT2D eigenvalue weighted by molar-refractivity contribution is 6.06. The van der Waals surface area contributed by atoms with Crippen molar-refractivity contribution in [2.45, 2.75) is 58.1 Å². The van der Waals surface area contributed by atoms with Gasteiger partial charge in [0.15, 0.2) is 5.78 Å². The smallest absolute Gasteiger partial charge is 0.407 e. The monoisotopic (exact) mass is 344 g/mol. The lowest BCUT2D eigenvalue weighted by atomic mass is 9.82. The normalized spacial score (nSPS) is 21.1. The number of amides is 1. The average Bonchev–Trinajstić information content (AvgIpc) is 3.01. The van der Waals surface area contributed by atoms with E-state index in [1.165, 1.54) is 6.33 Å². The van der Waals surface area contributed by atoms with Gasteiger partial charge in [-0.2, -0.15) is 0 Å². The largest absolute Gasteiger partial charge is 0.444 e. The van der Waals surface area contributed by atoms with Gasteiger partial charge < -0.3 is 15.0 Å². The van der Waals surface area contributed by atoms with E-state index in [1.54, 1.807) is 6.20 Å². The van der Waals surface area contributed by atoms with Crippen molar-refractivity contribution in [1.82, 2.24) is 20.3 Å². The first-order chi connectivity index (χ1) is 11.8. The summed E-state index contributed by atoms with van der Waals surface area (Å²) in [4.78, 5) is 36.0. The molecule has 0 bridgehead atoms. The van der Waals surface area contributed by atoms with Gasteiger partial charge in [-0.3, -0.25) is 4.79 Å². The Morgan fingerprint density at radius 3 is 2.60 bits per heavy atom. The maximum absolute atomic E-state index is 12.8. The SMILES string of the molecule is CC(C)(C)OC(=O)NC1CCC(C(=O)c2ncnc3[nH]ccc23)CC1. The molecule has 7 nitrogen and oxygen atoms in total. The van der Waals surface area contributed by atoms with Crippen LogP contribution in [0.15, 0.2) is 18.6 Å². The zero-order valence-electron chi connectivity index (χ0n) is 14.8. The third-order valence-electron chi connectivity index (χ3n) is 4.41. The van der Waals surface area contributed by atoms with Crippen molar-refractivity contribution in [2.75, 3.05) is 0 Å².